The average molecular weight is 740 g/mol. The zero-order valence-electron chi connectivity index (χ0n) is 32.7. The summed E-state index contributed by atoms with van der Waals surface area (Å²) in [6.45, 7) is 4.70. The largest absolute Gasteiger partial charge is 0.311 e. The fourth-order valence-corrected chi connectivity index (χ4v) is 9.48. The lowest BCUT2D eigenvalue weighted by atomic mass is 9.81. The minimum atomic E-state index is -0.0395. The Kier molecular flexibility index (Phi) is 7.91. The van der Waals surface area contributed by atoms with Crippen LogP contribution in [-0.2, 0) is 5.41 Å². The monoisotopic (exact) mass is 739 g/mol. The highest BCUT2D eigenvalue weighted by molar-refractivity contribution is 6.13. The molecule has 1 aliphatic rings. The maximum Gasteiger partial charge on any atom is 0.0462 e. The van der Waals surface area contributed by atoms with Crippen LogP contribution in [0.25, 0.3) is 76.8 Å². The van der Waals surface area contributed by atoms with Gasteiger partial charge < -0.3 is 4.90 Å². The van der Waals surface area contributed by atoms with E-state index < -0.39 is 0 Å². The Labute approximate surface area is 340 Å². The number of hydrogen-bond acceptors (Lipinski definition) is 1. The smallest absolute Gasteiger partial charge is 0.0462 e. The number of rotatable bonds is 6. The first-order valence-electron chi connectivity index (χ1n) is 20.3. The van der Waals surface area contributed by atoms with Crippen molar-refractivity contribution in [1.29, 1.82) is 0 Å². The molecule has 11 rings (SSSR count). The van der Waals surface area contributed by atoms with Gasteiger partial charge in [-0.05, 0) is 136 Å². The van der Waals surface area contributed by atoms with Gasteiger partial charge >= 0.3 is 0 Å². The lowest BCUT2D eigenvalue weighted by molar-refractivity contribution is 0.660. The van der Waals surface area contributed by atoms with E-state index in [1.165, 1.54) is 88.0 Å². The fourth-order valence-electron chi connectivity index (χ4n) is 9.48. The summed E-state index contributed by atoms with van der Waals surface area (Å²) in [5.74, 6) is 0. The third-order valence-corrected chi connectivity index (χ3v) is 12.5. The standard InChI is InChI=1S/C57H41N/c1-57(2)55-21-10-9-19-52(55)53-35-28-42(37-56(53)57)38-22-29-44(30-23-38)58(45-31-24-40(25-32-45)48-20-11-14-39-12-3-5-15-47(39)48)46-33-26-41(27-34-46)54-36-43-13-4-6-16-49(43)50-17-7-8-18-51(50)54/h3-37H,1-2H3. The Hall–Kier alpha value is -7.22. The van der Waals surface area contributed by atoms with E-state index in [9.17, 15) is 0 Å². The lowest BCUT2D eigenvalue weighted by Gasteiger charge is -2.26. The molecule has 0 N–H and O–H groups in total. The van der Waals surface area contributed by atoms with Crippen LogP contribution in [0.1, 0.15) is 25.0 Å². The lowest BCUT2D eigenvalue weighted by Crippen LogP contribution is -2.14. The van der Waals surface area contributed by atoms with E-state index in [1.54, 1.807) is 0 Å². The summed E-state index contributed by atoms with van der Waals surface area (Å²) in [6.07, 6.45) is 0. The third kappa shape index (κ3) is 5.54. The predicted octanol–water partition coefficient (Wildman–Crippen LogP) is 15.9. The first kappa shape index (κ1) is 34.1. The molecule has 1 aliphatic carbocycles. The molecule has 10 aromatic carbocycles. The molecule has 1 heteroatoms. The van der Waals surface area contributed by atoms with Gasteiger partial charge in [-0.15, -0.1) is 0 Å². The molecule has 0 saturated heterocycles. The Morgan fingerprint density at radius 1 is 0.293 bits per heavy atom. The molecule has 0 bridgehead atoms. The summed E-state index contributed by atoms with van der Waals surface area (Å²) in [7, 11) is 0. The van der Waals surface area contributed by atoms with E-state index in [4.69, 9.17) is 0 Å². The molecule has 0 amide bonds. The number of benzene rings is 10. The van der Waals surface area contributed by atoms with E-state index in [-0.39, 0.29) is 5.41 Å². The average Bonchev–Trinajstić information content (AvgIpc) is 3.52. The van der Waals surface area contributed by atoms with Crippen molar-refractivity contribution in [3.05, 3.63) is 223 Å². The van der Waals surface area contributed by atoms with Crippen molar-refractivity contribution in [2.24, 2.45) is 0 Å². The molecule has 10 aromatic rings. The highest BCUT2D eigenvalue weighted by Gasteiger charge is 2.35. The number of nitrogens with zero attached hydrogens (tertiary/aromatic N) is 1. The molecule has 1 nitrogen and oxygen atoms in total. The van der Waals surface area contributed by atoms with Gasteiger partial charge in [-0.2, -0.15) is 0 Å². The number of fused-ring (bicyclic) bond motifs is 7. The second-order valence-corrected chi connectivity index (χ2v) is 16.1. The van der Waals surface area contributed by atoms with Gasteiger partial charge in [0.25, 0.3) is 0 Å². The van der Waals surface area contributed by atoms with E-state index >= 15 is 0 Å². The predicted molar refractivity (Wildman–Crippen MR) is 248 cm³/mol. The summed E-state index contributed by atoms with van der Waals surface area (Å²) in [5.41, 5.74) is 16.1. The van der Waals surface area contributed by atoms with Crippen LogP contribution in [-0.4, -0.2) is 0 Å². The number of anilines is 3. The minimum Gasteiger partial charge on any atom is -0.311 e. The highest BCUT2D eigenvalue weighted by Crippen LogP contribution is 2.50. The fraction of sp³-hybridized carbons (Fsp3) is 0.0526. The van der Waals surface area contributed by atoms with Gasteiger partial charge in [0.15, 0.2) is 0 Å². The van der Waals surface area contributed by atoms with Crippen LogP contribution in [0.15, 0.2) is 212 Å². The van der Waals surface area contributed by atoms with Crippen LogP contribution in [0, 0.1) is 0 Å². The topological polar surface area (TPSA) is 3.24 Å². The van der Waals surface area contributed by atoms with Gasteiger partial charge in [-0.3, -0.25) is 0 Å². The van der Waals surface area contributed by atoms with Crippen LogP contribution >= 0.6 is 0 Å². The maximum absolute atomic E-state index is 2.41. The normalized spacial score (nSPS) is 12.8. The summed E-state index contributed by atoms with van der Waals surface area (Å²) in [4.78, 5) is 2.38. The summed E-state index contributed by atoms with van der Waals surface area (Å²) >= 11 is 0. The summed E-state index contributed by atoms with van der Waals surface area (Å²) < 4.78 is 0. The van der Waals surface area contributed by atoms with Crippen LogP contribution in [0.2, 0.25) is 0 Å². The second-order valence-electron chi connectivity index (χ2n) is 16.1. The first-order chi connectivity index (χ1) is 28.5. The molecule has 0 spiro atoms. The molecule has 0 aromatic heterocycles. The molecular formula is C57H41N. The number of hydrogen-bond donors (Lipinski definition) is 0. The molecule has 0 atom stereocenters. The van der Waals surface area contributed by atoms with Crippen molar-refractivity contribution < 1.29 is 0 Å². The molecule has 0 radical (unpaired) electrons. The Bertz CT molecular complexity index is 3160. The van der Waals surface area contributed by atoms with Gasteiger partial charge in [0.1, 0.15) is 0 Å². The van der Waals surface area contributed by atoms with Gasteiger partial charge in [0, 0.05) is 22.5 Å². The van der Waals surface area contributed by atoms with Gasteiger partial charge in [-0.1, -0.05) is 178 Å². The molecular weight excluding hydrogens is 699 g/mol. The van der Waals surface area contributed by atoms with Gasteiger partial charge in [-0.25, -0.2) is 0 Å². The van der Waals surface area contributed by atoms with E-state index in [1.807, 2.05) is 0 Å². The van der Waals surface area contributed by atoms with Crippen LogP contribution in [0.3, 0.4) is 0 Å². The van der Waals surface area contributed by atoms with Crippen molar-refractivity contribution >= 4 is 49.4 Å². The van der Waals surface area contributed by atoms with E-state index in [2.05, 4.69) is 231 Å². The quantitative estimate of drug-likeness (QED) is 0.154. The molecule has 0 unspecified atom stereocenters. The van der Waals surface area contributed by atoms with Crippen molar-refractivity contribution in [3.8, 4) is 44.5 Å². The summed E-state index contributed by atoms with van der Waals surface area (Å²) in [6, 6.07) is 78.1. The van der Waals surface area contributed by atoms with Crippen LogP contribution in [0.5, 0.6) is 0 Å². The Morgan fingerprint density at radius 3 is 1.48 bits per heavy atom. The molecule has 274 valence electrons. The molecule has 0 heterocycles. The Morgan fingerprint density at radius 2 is 0.776 bits per heavy atom. The molecule has 0 aliphatic heterocycles. The van der Waals surface area contributed by atoms with Gasteiger partial charge in [0.05, 0.1) is 0 Å². The minimum absolute atomic E-state index is 0.0395. The second kappa shape index (κ2) is 13.5. The highest BCUT2D eigenvalue weighted by atomic mass is 15.1. The third-order valence-electron chi connectivity index (χ3n) is 12.5. The van der Waals surface area contributed by atoms with Crippen molar-refractivity contribution in [1.82, 2.24) is 0 Å². The molecule has 0 fully saturated rings. The van der Waals surface area contributed by atoms with E-state index in [0.717, 1.165) is 17.1 Å². The van der Waals surface area contributed by atoms with E-state index in [0.29, 0.717) is 0 Å². The van der Waals surface area contributed by atoms with Crippen molar-refractivity contribution in [2.75, 3.05) is 4.90 Å². The molecule has 0 saturated carbocycles. The van der Waals surface area contributed by atoms with Crippen LogP contribution in [0.4, 0.5) is 17.1 Å². The van der Waals surface area contributed by atoms with Crippen LogP contribution < -0.4 is 4.90 Å². The maximum atomic E-state index is 2.41. The van der Waals surface area contributed by atoms with Crippen molar-refractivity contribution in [2.45, 2.75) is 19.3 Å². The SMILES string of the molecule is CC1(C)c2ccccc2-c2ccc(-c3ccc(N(c4ccc(-c5cccc6ccccc56)cc4)c4ccc(-c5cc6ccccc6c6ccccc56)cc4)cc3)cc21. The van der Waals surface area contributed by atoms with Crippen molar-refractivity contribution in [3.63, 3.8) is 0 Å². The molecule has 58 heavy (non-hydrogen) atoms. The Balaban J connectivity index is 0.992. The zero-order chi connectivity index (χ0) is 38.8. The van der Waals surface area contributed by atoms with Gasteiger partial charge in [0.2, 0.25) is 0 Å². The zero-order valence-corrected chi connectivity index (χ0v) is 32.7. The summed E-state index contributed by atoms with van der Waals surface area (Å²) in [5, 5.41) is 7.61. The first-order valence-corrected chi connectivity index (χ1v) is 20.3.